The molecule has 0 saturated heterocycles. The highest BCUT2D eigenvalue weighted by Gasteiger charge is 2.07. The Morgan fingerprint density at radius 2 is 1.44 bits per heavy atom. The lowest BCUT2D eigenvalue weighted by molar-refractivity contribution is -0.114. The van der Waals surface area contributed by atoms with Gasteiger partial charge in [0.15, 0.2) is 0 Å². The van der Waals surface area contributed by atoms with Crippen molar-refractivity contribution in [3.8, 4) is 0 Å². The normalized spacial score (nSPS) is 9.84. The van der Waals surface area contributed by atoms with Gasteiger partial charge in [-0.05, 0) is 48.5 Å². The highest BCUT2D eigenvalue weighted by atomic mass is 16.5. The monoisotopic (exact) mass is 341 g/mol. The molecule has 0 heterocycles. The summed E-state index contributed by atoms with van der Waals surface area (Å²) in [6.45, 7) is 0.0675. The van der Waals surface area contributed by atoms with Crippen LogP contribution in [0.2, 0.25) is 0 Å². The summed E-state index contributed by atoms with van der Waals surface area (Å²) in [4.78, 5) is 34.8. The highest BCUT2D eigenvalue weighted by molar-refractivity contribution is 5.96. The van der Waals surface area contributed by atoms with E-state index in [0.717, 1.165) is 5.69 Å². The number of amides is 2. The van der Waals surface area contributed by atoms with Crippen molar-refractivity contribution < 1.29 is 19.1 Å². The summed E-state index contributed by atoms with van der Waals surface area (Å²) in [5, 5.41) is 8.23. The average molecular weight is 341 g/mol. The predicted octanol–water partition coefficient (Wildman–Crippen LogP) is 1.88. The average Bonchev–Trinajstić information content (AvgIpc) is 2.66. The number of hydrogen-bond acceptors (Lipinski definition) is 5. The Balaban J connectivity index is 1.86. The van der Waals surface area contributed by atoms with Crippen LogP contribution in [0, 0.1) is 0 Å². The lowest BCUT2D eigenvalue weighted by Crippen LogP contribution is -2.22. The zero-order valence-corrected chi connectivity index (χ0v) is 14.0. The maximum absolute atomic E-state index is 12.0. The molecule has 2 rings (SSSR count). The second-order valence-corrected chi connectivity index (χ2v) is 5.13. The lowest BCUT2D eigenvalue weighted by Gasteiger charge is -2.09. The zero-order chi connectivity index (χ0) is 18.2. The van der Waals surface area contributed by atoms with Crippen molar-refractivity contribution in [3.05, 3.63) is 59.7 Å². The van der Waals surface area contributed by atoms with Crippen LogP contribution in [0.4, 0.5) is 11.4 Å². The maximum Gasteiger partial charge on any atom is 0.337 e. The molecule has 0 fully saturated rings. The smallest absolute Gasteiger partial charge is 0.337 e. The van der Waals surface area contributed by atoms with Gasteiger partial charge < -0.3 is 20.7 Å². The van der Waals surface area contributed by atoms with Crippen molar-refractivity contribution >= 4 is 29.2 Å². The number of methoxy groups -OCH3 is 1. The third-order valence-corrected chi connectivity index (χ3v) is 3.42. The van der Waals surface area contributed by atoms with Gasteiger partial charge in [0.2, 0.25) is 5.91 Å². The van der Waals surface area contributed by atoms with Crippen LogP contribution in [0.15, 0.2) is 48.5 Å². The van der Waals surface area contributed by atoms with E-state index < -0.39 is 5.97 Å². The minimum atomic E-state index is -0.431. The molecule has 0 unspecified atom stereocenters. The highest BCUT2D eigenvalue weighted by Crippen LogP contribution is 2.11. The molecule has 0 radical (unpaired) electrons. The molecule has 0 atom stereocenters. The molecule has 25 heavy (non-hydrogen) atoms. The van der Waals surface area contributed by atoms with Gasteiger partial charge in [-0.25, -0.2) is 4.79 Å². The summed E-state index contributed by atoms with van der Waals surface area (Å²) in [5.41, 5.74) is 2.26. The summed E-state index contributed by atoms with van der Waals surface area (Å²) in [5.74, 6) is -0.833. The second kappa shape index (κ2) is 8.49. The summed E-state index contributed by atoms with van der Waals surface area (Å²) in [6.07, 6.45) is 0. The Labute approximate surface area is 145 Å². The van der Waals surface area contributed by atoms with E-state index in [4.69, 9.17) is 0 Å². The first-order valence-corrected chi connectivity index (χ1v) is 7.57. The largest absolute Gasteiger partial charge is 0.465 e. The quantitative estimate of drug-likeness (QED) is 0.697. The molecule has 130 valence electrons. The van der Waals surface area contributed by atoms with Crippen molar-refractivity contribution in [2.24, 2.45) is 0 Å². The minimum absolute atomic E-state index is 0.0675. The number of hydrogen-bond donors (Lipinski definition) is 3. The number of ether oxygens (including phenoxy) is 1. The molecule has 0 saturated carbocycles. The molecule has 0 aromatic heterocycles. The van der Waals surface area contributed by atoms with Crippen LogP contribution in [0.5, 0.6) is 0 Å². The van der Waals surface area contributed by atoms with Gasteiger partial charge in [-0.1, -0.05) is 0 Å². The first-order chi connectivity index (χ1) is 12.0. The first-order valence-electron chi connectivity index (χ1n) is 7.57. The summed E-state index contributed by atoms with van der Waals surface area (Å²) in [6, 6.07) is 13.2. The van der Waals surface area contributed by atoms with Crippen LogP contribution >= 0.6 is 0 Å². The second-order valence-electron chi connectivity index (χ2n) is 5.13. The summed E-state index contributed by atoms with van der Waals surface area (Å²) < 4.78 is 4.61. The van der Waals surface area contributed by atoms with Crippen molar-refractivity contribution in [3.63, 3.8) is 0 Å². The topological polar surface area (TPSA) is 96.5 Å². The van der Waals surface area contributed by atoms with E-state index in [1.54, 1.807) is 55.6 Å². The Bertz CT molecular complexity index is 755. The van der Waals surface area contributed by atoms with Gasteiger partial charge in [0.25, 0.3) is 5.91 Å². The van der Waals surface area contributed by atoms with Crippen LogP contribution in [0.25, 0.3) is 0 Å². The van der Waals surface area contributed by atoms with Gasteiger partial charge >= 0.3 is 5.97 Å². The van der Waals surface area contributed by atoms with Gasteiger partial charge in [0, 0.05) is 24.0 Å². The standard InChI is InChI=1S/C18H19N3O4/c1-19-17(23)12-3-7-14(8-4-12)20-11-16(22)21-15-9-5-13(6-10-15)18(24)25-2/h3-10,20H,11H2,1-2H3,(H,19,23)(H,21,22). The number of carbonyl (C=O) groups is 3. The van der Waals surface area contributed by atoms with Gasteiger partial charge in [0.1, 0.15) is 0 Å². The molecule has 0 aliphatic heterocycles. The molecule has 7 heteroatoms. The van der Waals surface area contributed by atoms with Crippen molar-refractivity contribution in [2.45, 2.75) is 0 Å². The zero-order valence-electron chi connectivity index (χ0n) is 14.0. The van der Waals surface area contributed by atoms with E-state index >= 15 is 0 Å². The summed E-state index contributed by atoms with van der Waals surface area (Å²) in [7, 11) is 2.88. The number of rotatable bonds is 6. The van der Waals surface area contributed by atoms with Crippen LogP contribution in [0.1, 0.15) is 20.7 Å². The van der Waals surface area contributed by atoms with Gasteiger partial charge in [-0.15, -0.1) is 0 Å². The van der Waals surface area contributed by atoms with Gasteiger partial charge in [-0.2, -0.15) is 0 Å². The van der Waals surface area contributed by atoms with E-state index in [0.29, 0.717) is 16.8 Å². The molecule has 0 aliphatic rings. The fourth-order valence-corrected chi connectivity index (χ4v) is 2.08. The molecule has 2 aromatic carbocycles. The lowest BCUT2D eigenvalue weighted by atomic mass is 10.2. The van der Waals surface area contributed by atoms with E-state index in [2.05, 4.69) is 20.7 Å². The van der Waals surface area contributed by atoms with Crippen molar-refractivity contribution in [1.82, 2.24) is 5.32 Å². The maximum atomic E-state index is 12.0. The van der Waals surface area contributed by atoms with Gasteiger partial charge in [-0.3, -0.25) is 9.59 Å². The molecule has 0 spiro atoms. The fourth-order valence-electron chi connectivity index (χ4n) is 2.08. The molecular formula is C18H19N3O4. The molecular weight excluding hydrogens is 322 g/mol. The number of anilines is 2. The SMILES string of the molecule is CNC(=O)c1ccc(NCC(=O)Nc2ccc(C(=O)OC)cc2)cc1. The third-order valence-electron chi connectivity index (χ3n) is 3.42. The van der Waals surface area contributed by atoms with Crippen molar-refractivity contribution in [2.75, 3.05) is 31.3 Å². The summed E-state index contributed by atoms with van der Waals surface area (Å²) >= 11 is 0. The van der Waals surface area contributed by atoms with Crippen LogP contribution in [-0.2, 0) is 9.53 Å². The molecule has 2 aromatic rings. The predicted molar refractivity (Wildman–Crippen MR) is 94.7 cm³/mol. The van der Waals surface area contributed by atoms with Crippen molar-refractivity contribution in [1.29, 1.82) is 0 Å². The van der Waals surface area contributed by atoms with Gasteiger partial charge in [0.05, 0.1) is 19.2 Å². The van der Waals surface area contributed by atoms with E-state index in [-0.39, 0.29) is 18.4 Å². The molecule has 7 nitrogen and oxygen atoms in total. The first kappa shape index (κ1) is 18.0. The number of esters is 1. The Kier molecular flexibility index (Phi) is 6.11. The molecule has 2 amide bonds. The Hall–Kier alpha value is -3.35. The fraction of sp³-hybridized carbons (Fsp3) is 0.167. The number of nitrogens with one attached hydrogen (secondary N) is 3. The van der Waals surface area contributed by atoms with E-state index in [9.17, 15) is 14.4 Å². The van der Waals surface area contributed by atoms with Crippen LogP contribution in [-0.4, -0.2) is 38.5 Å². The van der Waals surface area contributed by atoms with Crippen LogP contribution < -0.4 is 16.0 Å². The van der Waals surface area contributed by atoms with E-state index in [1.165, 1.54) is 7.11 Å². The van der Waals surface area contributed by atoms with Crippen LogP contribution in [0.3, 0.4) is 0 Å². The van der Waals surface area contributed by atoms with E-state index in [1.807, 2.05) is 0 Å². The Morgan fingerprint density at radius 3 is 2.00 bits per heavy atom. The molecule has 0 aliphatic carbocycles. The third kappa shape index (κ3) is 5.07. The molecule has 3 N–H and O–H groups in total. The Morgan fingerprint density at radius 1 is 0.880 bits per heavy atom. The number of benzene rings is 2. The minimum Gasteiger partial charge on any atom is -0.465 e. The number of carbonyl (C=O) groups excluding carboxylic acids is 3. The molecule has 0 bridgehead atoms.